The number of sulfonamides is 1. The van der Waals surface area contributed by atoms with E-state index in [9.17, 15) is 18.0 Å². The van der Waals surface area contributed by atoms with Crippen LogP contribution in [0.1, 0.15) is 39.8 Å². The second-order valence-electron chi connectivity index (χ2n) is 9.39. The van der Waals surface area contributed by atoms with Gasteiger partial charge in [-0.3, -0.25) is 9.59 Å². The molecule has 2 amide bonds. The summed E-state index contributed by atoms with van der Waals surface area (Å²) >= 11 is 0. The van der Waals surface area contributed by atoms with Crippen LogP contribution < -0.4 is 4.90 Å². The van der Waals surface area contributed by atoms with Crippen molar-refractivity contribution >= 4 is 27.5 Å². The molecular weight excluding hydrogens is 486 g/mol. The van der Waals surface area contributed by atoms with Gasteiger partial charge in [0.25, 0.3) is 5.91 Å². The molecule has 1 heterocycles. The number of hydrogen-bond acceptors (Lipinski definition) is 5. The van der Waals surface area contributed by atoms with E-state index >= 15 is 0 Å². The van der Waals surface area contributed by atoms with E-state index in [-0.39, 0.29) is 17.9 Å². The lowest BCUT2D eigenvalue weighted by Crippen LogP contribution is -2.46. The van der Waals surface area contributed by atoms with Crippen LogP contribution in [0.2, 0.25) is 0 Å². The monoisotopic (exact) mass is 515 g/mol. The van der Waals surface area contributed by atoms with Gasteiger partial charge in [-0.2, -0.15) is 9.57 Å². The number of anilines is 1. The molecule has 0 spiro atoms. The SMILES string of the molecule is Cc1cc(C)c(C)c(S(=O)(=O)N(CCc2ccccc2)C2CC(=O)N(c3ccc(C#N)cc3)C2=O)c1C. The van der Waals surface area contributed by atoms with Gasteiger partial charge in [0.15, 0.2) is 0 Å². The average Bonchev–Trinajstić information content (AvgIpc) is 3.16. The number of nitriles is 1. The van der Waals surface area contributed by atoms with Crippen molar-refractivity contribution in [3.05, 3.63) is 94.0 Å². The Balaban J connectivity index is 1.78. The summed E-state index contributed by atoms with van der Waals surface area (Å²) in [4.78, 5) is 27.9. The topological polar surface area (TPSA) is 98.6 Å². The zero-order valence-electron chi connectivity index (χ0n) is 21.4. The van der Waals surface area contributed by atoms with Crippen LogP contribution in [-0.4, -0.2) is 37.1 Å². The number of benzene rings is 3. The first-order chi connectivity index (χ1) is 17.6. The van der Waals surface area contributed by atoms with Gasteiger partial charge in [0, 0.05) is 6.54 Å². The molecule has 1 unspecified atom stereocenters. The lowest BCUT2D eigenvalue weighted by atomic mass is 10.0. The van der Waals surface area contributed by atoms with E-state index in [0.29, 0.717) is 28.8 Å². The van der Waals surface area contributed by atoms with E-state index in [1.165, 1.54) is 28.6 Å². The van der Waals surface area contributed by atoms with E-state index < -0.39 is 27.9 Å². The average molecular weight is 516 g/mol. The van der Waals surface area contributed by atoms with Crippen molar-refractivity contribution in [1.29, 1.82) is 5.26 Å². The molecule has 8 heteroatoms. The number of rotatable bonds is 7. The van der Waals surface area contributed by atoms with Gasteiger partial charge in [-0.25, -0.2) is 13.3 Å². The molecule has 0 aromatic heterocycles. The van der Waals surface area contributed by atoms with Gasteiger partial charge >= 0.3 is 0 Å². The van der Waals surface area contributed by atoms with Crippen molar-refractivity contribution in [1.82, 2.24) is 4.31 Å². The molecule has 3 aromatic carbocycles. The van der Waals surface area contributed by atoms with Crippen LogP contribution in [0.5, 0.6) is 0 Å². The van der Waals surface area contributed by atoms with Crippen LogP contribution in [0.4, 0.5) is 5.69 Å². The summed E-state index contributed by atoms with van der Waals surface area (Å²) in [6.07, 6.45) is 0.132. The standard InChI is InChI=1S/C29H29N3O4S/c1-19-16-20(2)22(4)28(21(19)3)37(35,36)31(15-14-23-8-6-5-7-9-23)26-17-27(33)32(29(26)34)25-12-10-24(18-30)11-13-25/h5-13,16,26H,14-15,17H2,1-4H3. The molecule has 3 aromatic rings. The van der Waals surface area contributed by atoms with Gasteiger partial charge in [-0.15, -0.1) is 0 Å². The smallest absolute Gasteiger partial charge is 0.252 e. The quantitative estimate of drug-likeness (QED) is 0.436. The minimum Gasteiger partial charge on any atom is -0.274 e. The molecule has 7 nitrogen and oxygen atoms in total. The first-order valence-electron chi connectivity index (χ1n) is 12.1. The summed E-state index contributed by atoms with van der Waals surface area (Å²) in [5.41, 5.74) is 4.60. The fourth-order valence-corrected chi connectivity index (χ4v) is 6.97. The van der Waals surface area contributed by atoms with Crippen molar-refractivity contribution in [3.63, 3.8) is 0 Å². The Morgan fingerprint density at radius 1 is 0.946 bits per heavy atom. The summed E-state index contributed by atoms with van der Waals surface area (Å²) < 4.78 is 29.8. The minimum atomic E-state index is -4.14. The zero-order valence-corrected chi connectivity index (χ0v) is 22.2. The summed E-state index contributed by atoms with van der Waals surface area (Å²) in [7, 11) is -4.14. The largest absolute Gasteiger partial charge is 0.274 e. The third kappa shape index (κ3) is 4.93. The number of imide groups is 1. The van der Waals surface area contributed by atoms with Crippen molar-refractivity contribution < 1.29 is 18.0 Å². The van der Waals surface area contributed by atoms with Crippen molar-refractivity contribution in [2.75, 3.05) is 11.4 Å². The predicted octanol–water partition coefficient (Wildman–Crippen LogP) is 4.36. The summed E-state index contributed by atoms with van der Waals surface area (Å²) in [6, 6.07) is 18.3. The highest BCUT2D eigenvalue weighted by Crippen LogP contribution is 2.33. The van der Waals surface area contributed by atoms with Crippen LogP contribution in [0.3, 0.4) is 0 Å². The van der Waals surface area contributed by atoms with Gasteiger partial charge < -0.3 is 0 Å². The fraction of sp³-hybridized carbons (Fsp3) is 0.276. The van der Waals surface area contributed by atoms with E-state index in [1.54, 1.807) is 13.8 Å². The number of aryl methyl sites for hydroxylation is 2. The third-order valence-electron chi connectivity index (χ3n) is 7.05. The molecular formula is C29H29N3O4S. The summed E-state index contributed by atoms with van der Waals surface area (Å²) in [6.45, 7) is 7.32. The zero-order chi connectivity index (χ0) is 26.9. The Morgan fingerprint density at radius 3 is 2.11 bits per heavy atom. The van der Waals surface area contributed by atoms with Crippen LogP contribution in [-0.2, 0) is 26.0 Å². The van der Waals surface area contributed by atoms with E-state index in [1.807, 2.05) is 56.3 Å². The maximum Gasteiger partial charge on any atom is 0.252 e. The van der Waals surface area contributed by atoms with Gasteiger partial charge in [0.2, 0.25) is 15.9 Å². The molecule has 1 fully saturated rings. The van der Waals surface area contributed by atoms with Crippen molar-refractivity contribution in [2.45, 2.75) is 51.5 Å². The highest BCUT2D eigenvalue weighted by Gasteiger charge is 2.47. The first-order valence-corrected chi connectivity index (χ1v) is 13.5. The lowest BCUT2D eigenvalue weighted by molar-refractivity contribution is -0.122. The molecule has 0 saturated carbocycles. The maximum absolute atomic E-state index is 14.3. The molecule has 1 aliphatic rings. The minimum absolute atomic E-state index is 0.0448. The molecule has 1 saturated heterocycles. The van der Waals surface area contributed by atoms with Crippen molar-refractivity contribution in [2.24, 2.45) is 0 Å². The van der Waals surface area contributed by atoms with Gasteiger partial charge in [0.05, 0.1) is 28.6 Å². The van der Waals surface area contributed by atoms with Crippen molar-refractivity contribution in [3.8, 4) is 6.07 Å². The summed E-state index contributed by atoms with van der Waals surface area (Å²) in [5.74, 6) is -1.07. The van der Waals surface area contributed by atoms with Gasteiger partial charge in [-0.1, -0.05) is 36.4 Å². The van der Waals surface area contributed by atoms with Crippen LogP contribution in [0.15, 0.2) is 65.6 Å². The third-order valence-corrected chi connectivity index (χ3v) is 9.24. The first kappa shape index (κ1) is 26.3. The highest BCUT2D eigenvalue weighted by atomic mass is 32.2. The second kappa shape index (κ2) is 10.3. The number of nitrogens with zero attached hydrogens (tertiary/aromatic N) is 3. The molecule has 0 aliphatic carbocycles. The Bertz CT molecular complexity index is 1480. The number of carbonyl (C=O) groups is 2. The number of hydrogen-bond donors (Lipinski definition) is 0. The molecule has 4 rings (SSSR count). The Morgan fingerprint density at radius 2 is 1.54 bits per heavy atom. The molecule has 190 valence electrons. The van der Waals surface area contributed by atoms with Crippen LogP contribution >= 0.6 is 0 Å². The molecule has 37 heavy (non-hydrogen) atoms. The number of amides is 2. The number of carbonyl (C=O) groups excluding carboxylic acids is 2. The molecule has 1 atom stereocenters. The Hall–Kier alpha value is -3.80. The van der Waals surface area contributed by atoms with Gasteiger partial charge in [0.1, 0.15) is 6.04 Å². The highest BCUT2D eigenvalue weighted by molar-refractivity contribution is 7.89. The molecule has 0 N–H and O–H groups in total. The van der Waals surface area contributed by atoms with Crippen LogP contribution in [0, 0.1) is 39.0 Å². The second-order valence-corrected chi connectivity index (χ2v) is 11.2. The van der Waals surface area contributed by atoms with Gasteiger partial charge in [-0.05, 0) is 86.2 Å². The predicted molar refractivity (Wildman–Crippen MR) is 141 cm³/mol. The molecule has 1 aliphatic heterocycles. The Kier molecular flexibility index (Phi) is 7.30. The summed E-state index contributed by atoms with van der Waals surface area (Å²) in [5, 5.41) is 9.08. The van der Waals surface area contributed by atoms with E-state index in [2.05, 4.69) is 0 Å². The van der Waals surface area contributed by atoms with Crippen LogP contribution in [0.25, 0.3) is 0 Å². The molecule has 0 radical (unpaired) electrons. The Labute approximate surface area is 218 Å². The lowest BCUT2D eigenvalue weighted by Gasteiger charge is -2.29. The molecule has 0 bridgehead atoms. The maximum atomic E-state index is 14.3. The van der Waals surface area contributed by atoms with E-state index in [4.69, 9.17) is 5.26 Å². The van der Waals surface area contributed by atoms with E-state index in [0.717, 1.165) is 21.6 Å². The normalized spacial score (nSPS) is 15.9. The fourth-order valence-electron chi connectivity index (χ4n) is 4.81.